The number of halogens is 2. The second-order valence-electron chi connectivity index (χ2n) is 16.7. The van der Waals surface area contributed by atoms with Crippen LogP contribution < -0.4 is 14.4 Å². The summed E-state index contributed by atoms with van der Waals surface area (Å²) in [5.74, 6) is 0.965. The lowest BCUT2D eigenvalue weighted by Crippen LogP contribution is -2.60. The van der Waals surface area contributed by atoms with E-state index in [0.29, 0.717) is 42.6 Å². The minimum Gasteiger partial charge on any atom is -0.508 e. The van der Waals surface area contributed by atoms with Crippen molar-refractivity contribution in [3.05, 3.63) is 41.5 Å². The number of methoxy groups -OCH3 is 1. The number of aromatic hydroxyl groups is 1. The Morgan fingerprint density at radius 2 is 1.84 bits per heavy atom. The maximum atomic E-state index is 17.3. The van der Waals surface area contributed by atoms with Gasteiger partial charge in [-0.3, -0.25) is 4.90 Å². The molecule has 3 atom stereocenters. The number of rotatable bonds is 7. The number of ether oxygens (including phenoxy) is 4. The lowest BCUT2D eigenvalue weighted by Gasteiger charge is -2.56. The fraction of sp³-hybridized carbons (Fsp3) is 0.548. The molecule has 3 aliphatic heterocycles. The maximum Gasteiger partial charge on any atom is 0.319 e. The van der Waals surface area contributed by atoms with Crippen LogP contribution in [0.15, 0.2) is 24.3 Å². The summed E-state index contributed by atoms with van der Waals surface area (Å²) in [5.41, 5.74) is -1.38. The van der Waals surface area contributed by atoms with Gasteiger partial charge in [0, 0.05) is 41.6 Å². The van der Waals surface area contributed by atoms with Crippen LogP contribution in [-0.2, 0) is 9.47 Å². The molecule has 2 aliphatic carbocycles. The van der Waals surface area contributed by atoms with Gasteiger partial charge in [0.2, 0.25) is 5.88 Å². The van der Waals surface area contributed by atoms with E-state index in [1.54, 1.807) is 6.92 Å². The van der Waals surface area contributed by atoms with Crippen LogP contribution in [0.3, 0.4) is 0 Å². The molecule has 290 valence electrons. The minimum absolute atomic E-state index is 0.00350. The summed E-state index contributed by atoms with van der Waals surface area (Å²) < 4.78 is 56.4. The fourth-order valence-electron chi connectivity index (χ4n) is 10.4. The average Bonchev–Trinajstić information content (AvgIpc) is 3.79. The number of piperidine rings is 1. The summed E-state index contributed by atoms with van der Waals surface area (Å²) in [6.07, 6.45) is 14.6. The van der Waals surface area contributed by atoms with Crippen molar-refractivity contribution in [3.63, 3.8) is 0 Å². The quantitative estimate of drug-likeness (QED) is 0.217. The molecular formula is C42H47F2N5O6. The third-order valence-electron chi connectivity index (χ3n) is 12.9. The van der Waals surface area contributed by atoms with Crippen LogP contribution in [0.2, 0.25) is 0 Å². The number of fused-ring (bicyclic) bond motifs is 3. The van der Waals surface area contributed by atoms with Crippen LogP contribution >= 0.6 is 0 Å². The number of aromatic nitrogens is 3. The lowest BCUT2D eigenvalue weighted by molar-refractivity contribution is -0.0813. The van der Waals surface area contributed by atoms with Crippen molar-refractivity contribution < 1.29 is 37.9 Å². The maximum absolute atomic E-state index is 17.3. The van der Waals surface area contributed by atoms with Gasteiger partial charge in [-0.1, -0.05) is 18.4 Å². The van der Waals surface area contributed by atoms with Gasteiger partial charge in [-0.25, -0.2) is 13.8 Å². The standard InChI is InChI=1S/C42H47F2N5O6/c1-4-28-30(43)9-8-25-17-27(50)18-29(32(25)28)35-34(44)36-33(38(45-35)52-3)37(48-14-16-54-22-40(2,51)21-48)47-39(46-36)55-24-42-10-5-7-31(42)49(13-6-11-42)26-19-41(20-26)12-15-53-23-41/h1,8-9,17-18,26,31,50-51H,5-7,10-16,19-24H2,2-3H3/t26?,31-,40+,41?,42-/m1/s1. The van der Waals surface area contributed by atoms with Gasteiger partial charge in [0.05, 0.1) is 45.6 Å². The Hall–Kier alpha value is -4.35. The summed E-state index contributed by atoms with van der Waals surface area (Å²) in [7, 11) is 1.41. The van der Waals surface area contributed by atoms with Crippen molar-refractivity contribution in [3.8, 4) is 41.2 Å². The molecule has 2 N–H and O–H groups in total. The largest absolute Gasteiger partial charge is 0.508 e. The molecule has 5 heterocycles. The molecule has 2 aromatic carbocycles. The third kappa shape index (κ3) is 6.22. The van der Waals surface area contributed by atoms with Gasteiger partial charge in [-0.15, -0.1) is 6.42 Å². The van der Waals surface area contributed by atoms with E-state index in [1.165, 1.54) is 44.2 Å². The highest BCUT2D eigenvalue weighted by Gasteiger charge is 2.55. The molecule has 55 heavy (non-hydrogen) atoms. The van der Waals surface area contributed by atoms with Crippen LogP contribution in [0.4, 0.5) is 14.6 Å². The van der Waals surface area contributed by atoms with Crippen LogP contribution in [0.25, 0.3) is 32.9 Å². The van der Waals surface area contributed by atoms with Crippen molar-refractivity contribution in [2.24, 2.45) is 10.8 Å². The van der Waals surface area contributed by atoms with Crippen molar-refractivity contribution >= 4 is 27.5 Å². The topological polar surface area (TPSA) is 123 Å². The summed E-state index contributed by atoms with van der Waals surface area (Å²) >= 11 is 0. The van der Waals surface area contributed by atoms with E-state index in [0.717, 1.165) is 58.3 Å². The Morgan fingerprint density at radius 3 is 2.62 bits per heavy atom. The van der Waals surface area contributed by atoms with Crippen LogP contribution in [-0.4, -0.2) is 108 Å². The van der Waals surface area contributed by atoms with Gasteiger partial charge >= 0.3 is 6.01 Å². The smallest absolute Gasteiger partial charge is 0.319 e. The van der Waals surface area contributed by atoms with Gasteiger partial charge in [0.25, 0.3) is 0 Å². The molecule has 0 radical (unpaired) electrons. The van der Waals surface area contributed by atoms with Crippen LogP contribution in [0, 0.1) is 34.8 Å². The van der Waals surface area contributed by atoms with E-state index in [4.69, 9.17) is 35.3 Å². The molecule has 1 spiro atoms. The Labute approximate surface area is 318 Å². The van der Waals surface area contributed by atoms with E-state index in [2.05, 4.69) is 15.8 Å². The molecule has 5 fully saturated rings. The van der Waals surface area contributed by atoms with Crippen LogP contribution in [0.1, 0.15) is 63.9 Å². The predicted molar refractivity (Wildman–Crippen MR) is 202 cm³/mol. The highest BCUT2D eigenvalue weighted by molar-refractivity contribution is 6.04. The summed E-state index contributed by atoms with van der Waals surface area (Å²) in [6, 6.07) is 6.34. The number of phenolic OH excluding ortho intramolecular Hbond substituents is 1. The summed E-state index contributed by atoms with van der Waals surface area (Å²) in [5, 5.41) is 22.7. The normalized spacial score (nSPS) is 29.6. The molecule has 3 saturated heterocycles. The number of benzene rings is 2. The van der Waals surface area contributed by atoms with Crippen molar-refractivity contribution in [2.75, 3.05) is 64.7 Å². The molecular weight excluding hydrogens is 708 g/mol. The fourth-order valence-corrected chi connectivity index (χ4v) is 10.4. The Kier molecular flexibility index (Phi) is 9.03. The number of nitrogens with zero attached hydrogens (tertiary/aromatic N) is 5. The lowest BCUT2D eigenvalue weighted by atomic mass is 9.63. The van der Waals surface area contributed by atoms with E-state index in [9.17, 15) is 10.2 Å². The molecule has 13 heteroatoms. The molecule has 2 aromatic heterocycles. The van der Waals surface area contributed by atoms with E-state index >= 15 is 8.78 Å². The zero-order valence-electron chi connectivity index (χ0n) is 31.4. The number of anilines is 1. The first-order valence-corrected chi connectivity index (χ1v) is 19.4. The summed E-state index contributed by atoms with van der Waals surface area (Å²) in [4.78, 5) is 18.8. The molecule has 11 nitrogen and oxygen atoms in total. The SMILES string of the molecule is C#Cc1c(F)ccc2cc(O)cc(-c3nc(OC)c4c(N5CCOC[C@@](C)(O)C5)nc(OC[C@]56CCC[C@H]5N(C5CC7(CCOC7)C5)CCC6)nc4c3F)c12. The van der Waals surface area contributed by atoms with Crippen molar-refractivity contribution in [1.29, 1.82) is 0 Å². The number of terminal acetylenes is 1. The minimum atomic E-state index is -1.24. The van der Waals surface area contributed by atoms with Gasteiger partial charge in [0.15, 0.2) is 5.82 Å². The zero-order valence-corrected chi connectivity index (χ0v) is 31.4. The van der Waals surface area contributed by atoms with Gasteiger partial charge in [0.1, 0.15) is 39.6 Å². The first kappa shape index (κ1) is 36.3. The monoisotopic (exact) mass is 755 g/mol. The predicted octanol–water partition coefficient (Wildman–Crippen LogP) is 5.99. The molecule has 5 aliphatic rings. The Bertz CT molecular complexity index is 2200. The molecule has 4 aromatic rings. The zero-order chi connectivity index (χ0) is 38.1. The van der Waals surface area contributed by atoms with Gasteiger partial charge < -0.3 is 34.1 Å². The number of aliphatic hydroxyl groups is 1. The first-order chi connectivity index (χ1) is 26.5. The Morgan fingerprint density at radius 1 is 1.02 bits per heavy atom. The molecule has 9 rings (SSSR count). The molecule has 0 bridgehead atoms. The molecule has 0 unspecified atom stereocenters. The highest BCUT2D eigenvalue weighted by atomic mass is 19.1. The third-order valence-corrected chi connectivity index (χ3v) is 12.9. The molecule has 2 saturated carbocycles. The second-order valence-corrected chi connectivity index (χ2v) is 16.7. The van der Waals surface area contributed by atoms with E-state index in [1.807, 2.05) is 4.90 Å². The number of hydrogen-bond acceptors (Lipinski definition) is 11. The summed E-state index contributed by atoms with van der Waals surface area (Å²) in [6.45, 7) is 5.73. The number of β-amino-alcohol motifs (C(OH)–C–C–N with tert-alkyl or cyclic N) is 1. The number of phenols is 1. The molecule has 0 amide bonds. The van der Waals surface area contributed by atoms with E-state index < -0.39 is 17.2 Å². The second kappa shape index (κ2) is 13.7. The highest BCUT2D eigenvalue weighted by Crippen LogP contribution is 2.55. The first-order valence-electron chi connectivity index (χ1n) is 19.4. The van der Waals surface area contributed by atoms with Crippen molar-refractivity contribution in [2.45, 2.75) is 76.0 Å². The number of hydrogen-bond donors (Lipinski definition) is 2. The van der Waals surface area contributed by atoms with Gasteiger partial charge in [-0.2, -0.15) is 9.97 Å². The number of likely N-dealkylation sites (tertiary alicyclic amines) is 1. The van der Waals surface area contributed by atoms with Crippen LogP contribution in [0.5, 0.6) is 17.6 Å². The van der Waals surface area contributed by atoms with E-state index in [-0.39, 0.29) is 75.1 Å². The number of pyridine rings is 1. The Balaban J connectivity index is 1.14. The van der Waals surface area contributed by atoms with Gasteiger partial charge in [-0.05, 0) is 87.4 Å². The average molecular weight is 756 g/mol. The van der Waals surface area contributed by atoms with Crippen molar-refractivity contribution in [1.82, 2.24) is 19.9 Å².